The van der Waals surface area contributed by atoms with Gasteiger partial charge >= 0.3 is 5.97 Å². The van der Waals surface area contributed by atoms with Crippen LogP contribution in [0.4, 0.5) is 0 Å². The maximum atomic E-state index is 11.4. The molecule has 100 valence electrons. The summed E-state index contributed by atoms with van der Waals surface area (Å²) in [7, 11) is 0. The molecule has 0 heterocycles. The first-order valence-corrected chi connectivity index (χ1v) is 6.09. The summed E-state index contributed by atoms with van der Waals surface area (Å²) in [6.07, 6.45) is 0.525. The Labute approximate surface area is 108 Å². The van der Waals surface area contributed by atoms with Crippen molar-refractivity contribution in [2.45, 2.75) is 32.3 Å². The van der Waals surface area contributed by atoms with E-state index in [-0.39, 0.29) is 13.0 Å². The molecule has 1 aromatic carbocycles. The van der Waals surface area contributed by atoms with Gasteiger partial charge in [-0.25, -0.2) is 0 Å². The van der Waals surface area contributed by atoms with Crippen molar-refractivity contribution in [2.75, 3.05) is 13.2 Å². The van der Waals surface area contributed by atoms with Gasteiger partial charge in [-0.05, 0) is 25.5 Å². The lowest BCUT2D eigenvalue weighted by Crippen LogP contribution is -2.28. The monoisotopic (exact) mass is 252 g/mol. The molecule has 0 radical (unpaired) electrons. The third-order valence-corrected chi connectivity index (χ3v) is 2.65. The van der Waals surface area contributed by atoms with Gasteiger partial charge in [-0.2, -0.15) is 0 Å². The van der Waals surface area contributed by atoms with Gasteiger partial charge in [-0.3, -0.25) is 4.79 Å². The van der Waals surface area contributed by atoms with Crippen LogP contribution in [0.2, 0.25) is 0 Å². The molecule has 0 aliphatic carbocycles. The van der Waals surface area contributed by atoms with E-state index in [1.165, 1.54) is 0 Å². The van der Waals surface area contributed by atoms with E-state index in [1.807, 2.05) is 37.3 Å². The molecule has 0 bridgehead atoms. The molecule has 0 aliphatic heterocycles. The fraction of sp³-hybridized carbons (Fsp3) is 0.500. The Bertz CT molecular complexity index is 359. The minimum absolute atomic E-state index is 0.00877. The van der Waals surface area contributed by atoms with E-state index in [9.17, 15) is 9.90 Å². The highest BCUT2D eigenvalue weighted by Gasteiger charge is 2.22. The standard InChI is InChI=1S/C14H20O4/c1-3-14(2,16)11-13(15)18-10-9-17-12-7-5-4-6-8-12/h4-8,16H,3,9-11H2,1-2H3. The van der Waals surface area contributed by atoms with Crippen molar-refractivity contribution in [3.63, 3.8) is 0 Å². The van der Waals surface area contributed by atoms with Gasteiger partial charge in [0.1, 0.15) is 19.0 Å². The predicted octanol–water partition coefficient (Wildman–Crippen LogP) is 2.16. The van der Waals surface area contributed by atoms with E-state index in [1.54, 1.807) is 6.92 Å². The van der Waals surface area contributed by atoms with Crippen LogP contribution in [0, 0.1) is 0 Å². The van der Waals surface area contributed by atoms with Crippen LogP contribution >= 0.6 is 0 Å². The molecule has 4 nitrogen and oxygen atoms in total. The first-order chi connectivity index (χ1) is 8.53. The van der Waals surface area contributed by atoms with E-state index in [0.29, 0.717) is 13.0 Å². The van der Waals surface area contributed by atoms with Crippen LogP contribution in [0.3, 0.4) is 0 Å². The second-order valence-electron chi connectivity index (χ2n) is 4.41. The number of hydrogen-bond donors (Lipinski definition) is 1. The van der Waals surface area contributed by atoms with Crippen molar-refractivity contribution in [1.29, 1.82) is 0 Å². The highest BCUT2D eigenvalue weighted by atomic mass is 16.6. The molecule has 1 rings (SSSR count). The van der Waals surface area contributed by atoms with Gasteiger partial charge in [-0.1, -0.05) is 25.1 Å². The molecular weight excluding hydrogens is 232 g/mol. The second-order valence-corrected chi connectivity index (χ2v) is 4.41. The van der Waals surface area contributed by atoms with Crippen LogP contribution < -0.4 is 4.74 Å². The largest absolute Gasteiger partial charge is 0.490 e. The van der Waals surface area contributed by atoms with Gasteiger partial charge in [0.2, 0.25) is 0 Å². The number of benzene rings is 1. The number of para-hydroxylation sites is 1. The van der Waals surface area contributed by atoms with Crippen LogP contribution in [-0.4, -0.2) is 29.9 Å². The topological polar surface area (TPSA) is 55.8 Å². The summed E-state index contributed by atoms with van der Waals surface area (Å²) in [6, 6.07) is 9.33. The fourth-order valence-corrected chi connectivity index (χ4v) is 1.32. The Morgan fingerprint density at radius 3 is 2.56 bits per heavy atom. The Morgan fingerprint density at radius 2 is 1.94 bits per heavy atom. The van der Waals surface area contributed by atoms with Crippen LogP contribution in [-0.2, 0) is 9.53 Å². The summed E-state index contributed by atoms with van der Waals surface area (Å²) in [6.45, 7) is 3.94. The number of hydrogen-bond acceptors (Lipinski definition) is 4. The molecule has 0 fully saturated rings. The van der Waals surface area contributed by atoms with E-state index >= 15 is 0 Å². The van der Waals surface area contributed by atoms with E-state index in [2.05, 4.69) is 0 Å². The fourth-order valence-electron chi connectivity index (χ4n) is 1.32. The third-order valence-electron chi connectivity index (χ3n) is 2.65. The molecule has 1 unspecified atom stereocenters. The first-order valence-electron chi connectivity index (χ1n) is 6.09. The zero-order valence-corrected chi connectivity index (χ0v) is 10.9. The zero-order chi connectivity index (χ0) is 13.4. The third kappa shape index (κ3) is 5.68. The summed E-state index contributed by atoms with van der Waals surface area (Å²) in [5, 5.41) is 9.70. The van der Waals surface area contributed by atoms with Crippen LogP contribution in [0.25, 0.3) is 0 Å². The van der Waals surface area contributed by atoms with Crippen LogP contribution in [0.15, 0.2) is 30.3 Å². The Morgan fingerprint density at radius 1 is 1.28 bits per heavy atom. The molecule has 0 amide bonds. The lowest BCUT2D eigenvalue weighted by molar-refractivity contribution is -0.149. The van der Waals surface area contributed by atoms with E-state index in [0.717, 1.165) is 5.75 Å². The quantitative estimate of drug-likeness (QED) is 0.597. The van der Waals surface area contributed by atoms with Gasteiger partial charge in [0.05, 0.1) is 12.0 Å². The van der Waals surface area contributed by atoms with E-state index < -0.39 is 11.6 Å². The summed E-state index contributed by atoms with van der Waals surface area (Å²) in [5.74, 6) is 0.340. The predicted molar refractivity (Wildman–Crippen MR) is 68.4 cm³/mol. The second kappa shape index (κ2) is 7.01. The molecule has 1 N–H and O–H groups in total. The lowest BCUT2D eigenvalue weighted by Gasteiger charge is -2.19. The number of carbonyl (C=O) groups excluding carboxylic acids is 1. The molecular formula is C14H20O4. The van der Waals surface area contributed by atoms with Gasteiger partial charge in [0, 0.05) is 0 Å². The SMILES string of the molecule is CCC(C)(O)CC(=O)OCCOc1ccccc1. The number of esters is 1. The van der Waals surface area contributed by atoms with Crippen LogP contribution in [0.5, 0.6) is 5.75 Å². The molecule has 4 heteroatoms. The number of carbonyl (C=O) groups is 1. The zero-order valence-electron chi connectivity index (χ0n) is 10.9. The molecule has 0 aromatic heterocycles. The summed E-state index contributed by atoms with van der Waals surface area (Å²) >= 11 is 0. The molecule has 1 atom stereocenters. The summed E-state index contributed by atoms with van der Waals surface area (Å²) < 4.78 is 10.4. The summed E-state index contributed by atoms with van der Waals surface area (Å²) in [5.41, 5.74) is -0.989. The molecule has 1 aromatic rings. The number of ether oxygens (including phenoxy) is 2. The van der Waals surface area contributed by atoms with Crippen molar-refractivity contribution in [3.05, 3.63) is 30.3 Å². The van der Waals surface area contributed by atoms with E-state index in [4.69, 9.17) is 9.47 Å². The maximum absolute atomic E-state index is 11.4. The Hall–Kier alpha value is -1.55. The average molecular weight is 252 g/mol. The molecule has 0 saturated carbocycles. The number of aliphatic hydroxyl groups is 1. The minimum Gasteiger partial charge on any atom is -0.490 e. The number of rotatable bonds is 7. The van der Waals surface area contributed by atoms with Crippen molar-refractivity contribution in [3.8, 4) is 5.75 Å². The smallest absolute Gasteiger partial charge is 0.308 e. The van der Waals surface area contributed by atoms with Gasteiger partial charge in [0.15, 0.2) is 0 Å². The molecule has 0 saturated heterocycles. The first kappa shape index (κ1) is 14.5. The van der Waals surface area contributed by atoms with Gasteiger partial charge in [-0.15, -0.1) is 0 Å². The summed E-state index contributed by atoms with van der Waals surface area (Å²) in [4.78, 5) is 11.4. The molecule has 0 spiro atoms. The Kier molecular flexibility index (Phi) is 5.65. The minimum atomic E-state index is -0.989. The lowest BCUT2D eigenvalue weighted by atomic mass is 10.00. The van der Waals surface area contributed by atoms with Crippen molar-refractivity contribution < 1.29 is 19.4 Å². The molecule has 0 aliphatic rings. The average Bonchev–Trinajstić information content (AvgIpc) is 2.35. The highest BCUT2D eigenvalue weighted by molar-refractivity contribution is 5.70. The van der Waals surface area contributed by atoms with Gasteiger partial charge in [0.25, 0.3) is 0 Å². The van der Waals surface area contributed by atoms with Crippen LogP contribution in [0.1, 0.15) is 26.7 Å². The van der Waals surface area contributed by atoms with Crippen molar-refractivity contribution in [1.82, 2.24) is 0 Å². The Balaban J connectivity index is 2.17. The van der Waals surface area contributed by atoms with Crippen molar-refractivity contribution in [2.24, 2.45) is 0 Å². The maximum Gasteiger partial charge on any atom is 0.308 e. The highest BCUT2D eigenvalue weighted by Crippen LogP contribution is 2.14. The van der Waals surface area contributed by atoms with Gasteiger partial charge < -0.3 is 14.6 Å². The normalized spacial score (nSPS) is 13.7. The van der Waals surface area contributed by atoms with Crippen molar-refractivity contribution >= 4 is 5.97 Å². The molecule has 18 heavy (non-hydrogen) atoms.